The van der Waals surface area contributed by atoms with E-state index in [1.807, 2.05) is 12.3 Å². The van der Waals surface area contributed by atoms with Crippen molar-refractivity contribution in [1.82, 2.24) is 14.4 Å². The van der Waals surface area contributed by atoms with Crippen LogP contribution in [-0.2, 0) is 12.8 Å². The molecule has 5 rings (SSSR count). The van der Waals surface area contributed by atoms with Gasteiger partial charge in [0.1, 0.15) is 11.5 Å². The van der Waals surface area contributed by atoms with Gasteiger partial charge in [0.15, 0.2) is 0 Å². The third-order valence-electron chi connectivity index (χ3n) is 7.20. The summed E-state index contributed by atoms with van der Waals surface area (Å²) >= 11 is 0. The maximum absolute atomic E-state index is 7.23. The second-order valence-electron chi connectivity index (χ2n) is 9.33. The first-order valence-corrected chi connectivity index (χ1v) is 11.8. The highest BCUT2D eigenvalue weighted by Crippen LogP contribution is 2.40. The Morgan fingerprint density at radius 2 is 1.97 bits per heavy atom. The summed E-state index contributed by atoms with van der Waals surface area (Å²) in [4.78, 5) is 12.2. The van der Waals surface area contributed by atoms with Crippen molar-refractivity contribution in [3.63, 3.8) is 0 Å². The van der Waals surface area contributed by atoms with Crippen LogP contribution < -0.4 is 16.4 Å². The molecular weight excluding hydrogens is 384 g/mol. The fraction of sp³-hybridized carbons (Fsp3) is 0.520. The smallest absolute Gasteiger partial charge is 0.138 e. The topological polar surface area (TPSA) is 85.5 Å². The maximum atomic E-state index is 7.23. The lowest BCUT2D eigenvalue weighted by Gasteiger charge is -2.40. The van der Waals surface area contributed by atoms with Crippen molar-refractivity contribution in [2.75, 3.05) is 24.5 Å². The molecule has 1 aliphatic carbocycles. The van der Waals surface area contributed by atoms with Gasteiger partial charge in [-0.2, -0.15) is 0 Å². The molecule has 1 fully saturated rings. The molecule has 2 unspecified atom stereocenters. The van der Waals surface area contributed by atoms with E-state index in [-0.39, 0.29) is 5.92 Å². The van der Waals surface area contributed by atoms with Gasteiger partial charge < -0.3 is 16.4 Å². The number of fused-ring (bicyclic) bond motifs is 2. The Balaban J connectivity index is 1.49. The lowest BCUT2D eigenvalue weighted by molar-refractivity contribution is 0.279. The van der Waals surface area contributed by atoms with Crippen LogP contribution in [0.5, 0.6) is 0 Å². The van der Waals surface area contributed by atoms with Crippen LogP contribution in [0.3, 0.4) is 0 Å². The van der Waals surface area contributed by atoms with E-state index in [1.165, 1.54) is 29.9 Å². The van der Waals surface area contributed by atoms with E-state index in [4.69, 9.17) is 21.4 Å². The van der Waals surface area contributed by atoms with Gasteiger partial charge in [-0.15, -0.1) is 0 Å². The summed E-state index contributed by atoms with van der Waals surface area (Å²) in [7, 11) is 0. The molecule has 2 aliphatic rings. The molecule has 4 heterocycles. The van der Waals surface area contributed by atoms with Crippen LogP contribution in [0.1, 0.15) is 61.4 Å². The second kappa shape index (κ2) is 8.60. The Hall–Kier alpha value is -2.44. The number of hydrogen-bond donors (Lipinski definition) is 2. The van der Waals surface area contributed by atoms with Crippen molar-refractivity contribution in [3.05, 3.63) is 59.7 Å². The van der Waals surface area contributed by atoms with Gasteiger partial charge in [0.05, 0.1) is 5.69 Å². The van der Waals surface area contributed by atoms with E-state index in [2.05, 4.69) is 39.8 Å². The molecular formula is C25H34N6. The van der Waals surface area contributed by atoms with Crippen molar-refractivity contribution >= 4 is 11.5 Å². The Morgan fingerprint density at radius 1 is 1.10 bits per heavy atom. The SMILES string of the molecule is NCCCC(N)(Cc1cn2c(N3CCCC3)cccc2n1)C1CCCc2cccnc21. The first kappa shape index (κ1) is 20.5. The minimum atomic E-state index is -0.394. The average Bonchev–Trinajstić information content (AvgIpc) is 3.46. The third kappa shape index (κ3) is 3.94. The van der Waals surface area contributed by atoms with Gasteiger partial charge in [-0.25, -0.2) is 4.98 Å². The van der Waals surface area contributed by atoms with Gasteiger partial charge >= 0.3 is 0 Å². The van der Waals surface area contributed by atoms with E-state index in [0.29, 0.717) is 6.54 Å². The van der Waals surface area contributed by atoms with E-state index in [0.717, 1.165) is 63.0 Å². The van der Waals surface area contributed by atoms with E-state index >= 15 is 0 Å². The molecule has 0 spiro atoms. The molecule has 0 radical (unpaired) electrons. The summed E-state index contributed by atoms with van der Waals surface area (Å²) in [5.41, 5.74) is 17.4. The van der Waals surface area contributed by atoms with Crippen molar-refractivity contribution in [2.24, 2.45) is 11.5 Å². The fourth-order valence-corrected chi connectivity index (χ4v) is 5.66. The summed E-state index contributed by atoms with van der Waals surface area (Å²) in [6.07, 6.45) is 12.5. The van der Waals surface area contributed by atoms with Crippen LogP contribution in [-0.4, -0.2) is 39.5 Å². The minimum absolute atomic E-state index is 0.242. The Morgan fingerprint density at radius 3 is 2.81 bits per heavy atom. The molecule has 0 aromatic carbocycles. The molecule has 3 aromatic heterocycles. The predicted molar refractivity (Wildman–Crippen MR) is 125 cm³/mol. The second-order valence-corrected chi connectivity index (χ2v) is 9.33. The van der Waals surface area contributed by atoms with Crippen molar-refractivity contribution in [3.8, 4) is 0 Å². The monoisotopic (exact) mass is 418 g/mol. The lowest BCUT2D eigenvalue weighted by Crippen LogP contribution is -2.49. The molecule has 0 amide bonds. The highest BCUT2D eigenvalue weighted by atomic mass is 15.2. The molecule has 1 aliphatic heterocycles. The lowest BCUT2D eigenvalue weighted by atomic mass is 9.70. The van der Waals surface area contributed by atoms with E-state index < -0.39 is 5.54 Å². The summed E-state index contributed by atoms with van der Waals surface area (Å²) in [6, 6.07) is 10.7. The fourth-order valence-electron chi connectivity index (χ4n) is 5.66. The Labute approximate surface area is 184 Å². The zero-order valence-electron chi connectivity index (χ0n) is 18.3. The number of hydrogen-bond acceptors (Lipinski definition) is 5. The average molecular weight is 419 g/mol. The zero-order chi connectivity index (χ0) is 21.3. The molecule has 1 saturated heterocycles. The van der Waals surface area contributed by atoms with Crippen LogP contribution in [0.25, 0.3) is 5.65 Å². The van der Waals surface area contributed by atoms with Crippen LogP contribution in [0.4, 0.5) is 5.82 Å². The minimum Gasteiger partial charge on any atom is -0.358 e. The van der Waals surface area contributed by atoms with E-state index in [1.54, 1.807) is 0 Å². The summed E-state index contributed by atoms with van der Waals surface area (Å²) in [6.45, 7) is 2.90. The molecule has 6 nitrogen and oxygen atoms in total. The molecule has 6 heteroatoms. The van der Waals surface area contributed by atoms with Crippen molar-refractivity contribution in [2.45, 2.75) is 62.8 Å². The molecule has 31 heavy (non-hydrogen) atoms. The number of pyridine rings is 2. The molecule has 0 saturated carbocycles. The number of imidazole rings is 1. The largest absolute Gasteiger partial charge is 0.358 e. The third-order valence-corrected chi connectivity index (χ3v) is 7.20. The Bertz CT molecular complexity index is 1040. The van der Waals surface area contributed by atoms with Gasteiger partial charge in [-0.05, 0) is 75.3 Å². The number of aromatic nitrogens is 3. The van der Waals surface area contributed by atoms with Crippen LogP contribution in [0.15, 0.2) is 42.7 Å². The highest BCUT2D eigenvalue weighted by Gasteiger charge is 2.39. The first-order valence-electron chi connectivity index (χ1n) is 11.8. The maximum Gasteiger partial charge on any atom is 0.138 e. The summed E-state index contributed by atoms with van der Waals surface area (Å²) in [5.74, 6) is 1.48. The molecule has 2 atom stereocenters. The van der Waals surface area contributed by atoms with Gasteiger partial charge in [0, 0.05) is 49.1 Å². The normalized spacial score (nSPS) is 20.7. The number of aryl methyl sites for hydroxylation is 1. The summed E-state index contributed by atoms with van der Waals surface area (Å²) in [5, 5.41) is 0. The van der Waals surface area contributed by atoms with Gasteiger partial charge in [0.2, 0.25) is 0 Å². The highest BCUT2D eigenvalue weighted by molar-refractivity contribution is 5.53. The van der Waals surface area contributed by atoms with Crippen molar-refractivity contribution < 1.29 is 0 Å². The predicted octanol–water partition coefficient (Wildman–Crippen LogP) is 3.43. The van der Waals surface area contributed by atoms with Gasteiger partial charge in [0.25, 0.3) is 0 Å². The molecule has 3 aromatic rings. The van der Waals surface area contributed by atoms with Crippen LogP contribution >= 0.6 is 0 Å². The number of anilines is 1. The quantitative estimate of drug-likeness (QED) is 0.614. The molecule has 164 valence electrons. The van der Waals surface area contributed by atoms with Crippen molar-refractivity contribution in [1.29, 1.82) is 0 Å². The molecule has 4 N–H and O–H groups in total. The molecule has 0 bridgehead atoms. The standard InChI is InChI=1S/C25H34N6/c26-13-6-12-25(27,21-9-3-7-19-8-5-14-28-24(19)21)17-20-18-31-22(29-20)10-4-11-23(31)30-15-1-2-16-30/h4-5,8,10-11,14,18,21H,1-3,6-7,9,12-13,15-17,26-27H2. The van der Waals surface area contributed by atoms with Gasteiger partial charge in [-0.3, -0.25) is 9.38 Å². The summed E-state index contributed by atoms with van der Waals surface area (Å²) < 4.78 is 2.25. The van der Waals surface area contributed by atoms with E-state index in [9.17, 15) is 0 Å². The van der Waals surface area contributed by atoms with Crippen LogP contribution in [0, 0.1) is 0 Å². The zero-order valence-corrected chi connectivity index (χ0v) is 18.3. The number of nitrogens with zero attached hydrogens (tertiary/aromatic N) is 4. The van der Waals surface area contributed by atoms with Crippen LogP contribution in [0.2, 0.25) is 0 Å². The first-order chi connectivity index (χ1) is 15.2. The van der Waals surface area contributed by atoms with Gasteiger partial charge in [-0.1, -0.05) is 12.1 Å². The number of rotatable bonds is 7. The number of nitrogens with two attached hydrogens (primary N) is 2. The Kier molecular flexibility index (Phi) is 5.67.